The zero-order valence-corrected chi connectivity index (χ0v) is 17.8. The highest BCUT2D eigenvalue weighted by molar-refractivity contribution is 6.30. The molecule has 0 unspecified atom stereocenters. The third kappa shape index (κ3) is 4.20. The van der Waals surface area contributed by atoms with Crippen molar-refractivity contribution in [1.82, 2.24) is 14.9 Å². The number of carbonyl (C=O) groups excluding carboxylic acids is 1. The van der Waals surface area contributed by atoms with Gasteiger partial charge in [-0.1, -0.05) is 53.6 Å². The number of nitrogens with zero attached hydrogens (tertiary/aromatic N) is 3. The summed E-state index contributed by atoms with van der Waals surface area (Å²) in [4.78, 5) is 18.5. The second-order valence-electron chi connectivity index (χ2n) is 7.67. The van der Waals surface area contributed by atoms with Crippen molar-refractivity contribution < 1.29 is 14.4 Å². The number of likely N-dealkylation sites (tertiary alicyclic amines) is 1. The van der Waals surface area contributed by atoms with Gasteiger partial charge in [0, 0.05) is 42.2 Å². The second kappa shape index (κ2) is 8.50. The summed E-state index contributed by atoms with van der Waals surface area (Å²) in [6.45, 7) is 3.15. The van der Waals surface area contributed by atoms with E-state index in [0.717, 1.165) is 35.4 Å². The highest BCUT2D eigenvalue weighted by Gasteiger charge is 2.29. The predicted molar refractivity (Wildman–Crippen MR) is 116 cm³/mol. The molecular weight excluding hydrogens is 402 g/mol. The van der Waals surface area contributed by atoms with Crippen molar-refractivity contribution in [2.75, 3.05) is 20.1 Å². The first-order chi connectivity index (χ1) is 14.4. The van der Waals surface area contributed by atoms with Gasteiger partial charge in [0.25, 0.3) is 0 Å². The number of benzene rings is 2. The van der Waals surface area contributed by atoms with Crippen LogP contribution in [0.3, 0.4) is 0 Å². The minimum absolute atomic E-state index is 0.114. The molecule has 0 atom stereocenters. The Morgan fingerprint density at radius 3 is 2.30 bits per heavy atom. The van der Waals surface area contributed by atoms with Crippen molar-refractivity contribution in [3.8, 4) is 22.6 Å². The lowest BCUT2D eigenvalue weighted by molar-refractivity contribution is -0.0358. The molecule has 156 valence electrons. The molecule has 0 radical (unpaired) electrons. The molecule has 2 aromatic carbocycles. The third-order valence-electron chi connectivity index (χ3n) is 5.47. The number of oxazole rings is 1. The number of piperidine rings is 1. The monoisotopic (exact) mass is 425 g/mol. The maximum absolute atomic E-state index is 12.0. The Morgan fingerprint density at radius 1 is 1.10 bits per heavy atom. The molecule has 2 heterocycles. The fourth-order valence-corrected chi connectivity index (χ4v) is 3.86. The summed E-state index contributed by atoms with van der Waals surface area (Å²) in [6, 6.07) is 15.4. The Bertz CT molecular complexity index is 958. The highest BCUT2D eigenvalue weighted by Crippen LogP contribution is 2.37. The molecule has 1 aromatic heterocycles. The SMILES string of the molecule is Cc1ccc(-c2oc(C3CCN(C(=O)N(C)O)CC3)nc2-c2ccc(Cl)cc2)cc1. The Morgan fingerprint density at radius 2 is 1.70 bits per heavy atom. The van der Waals surface area contributed by atoms with Crippen molar-refractivity contribution in [1.29, 1.82) is 0 Å². The van der Waals surface area contributed by atoms with E-state index in [2.05, 4.69) is 19.1 Å². The summed E-state index contributed by atoms with van der Waals surface area (Å²) in [6.07, 6.45) is 1.46. The van der Waals surface area contributed by atoms with Crippen molar-refractivity contribution in [3.63, 3.8) is 0 Å². The number of hydrogen-bond acceptors (Lipinski definition) is 4. The first-order valence-corrected chi connectivity index (χ1v) is 10.4. The van der Waals surface area contributed by atoms with Crippen LogP contribution in [0.1, 0.15) is 30.2 Å². The lowest BCUT2D eigenvalue weighted by atomic mass is 9.97. The smallest absolute Gasteiger partial charge is 0.343 e. The summed E-state index contributed by atoms with van der Waals surface area (Å²) in [7, 11) is 1.34. The Balaban J connectivity index is 1.65. The second-order valence-corrected chi connectivity index (χ2v) is 8.11. The van der Waals surface area contributed by atoms with E-state index in [-0.39, 0.29) is 11.9 Å². The number of urea groups is 1. The Hall–Kier alpha value is -2.83. The van der Waals surface area contributed by atoms with E-state index >= 15 is 0 Å². The predicted octanol–water partition coefficient (Wildman–Crippen LogP) is 5.59. The number of amides is 2. The van der Waals surface area contributed by atoms with E-state index in [0.29, 0.717) is 29.1 Å². The normalized spacial score (nSPS) is 14.7. The molecule has 1 N–H and O–H groups in total. The van der Waals surface area contributed by atoms with Gasteiger partial charge >= 0.3 is 6.03 Å². The van der Waals surface area contributed by atoms with Crippen LogP contribution < -0.4 is 0 Å². The molecule has 2 amide bonds. The van der Waals surface area contributed by atoms with Gasteiger partial charge in [0.2, 0.25) is 0 Å². The number of rotatable bonds is 3. The first kappa shape index (κ1) is 20.4. The average molecular weight is 426 g/mol. The van der Waals surface area contributed by atoms with Crippen molar-refractivity contribution in [3.05, 3.63) is 65.0 Å². The Labute approximate surface area is 180 Å². The molecule has 30 heavy (non-hydrogen) atoms. The zero-order valence-electron chi connectivity index (χ0n) is 17.0. The van der Waals surface area contributed by atoms with Crippen LogP contribution in [0, 0.1) is 6.92 Å². The van der Waals surface area contributed by atoms with Gasteiger partial charge in [0.1, 0.15) is 5.69 Å². The number of aromatic nitrogens is 1. The largest absolute Gasteiger partial charge is 0.440 e. The lowest BCUT2D eigenvalue weighted by Crippen LogP contribution is -2.43. The molecule has 7 heteroatoms. The van der Waals surface area contributed by atoms with E-state index < -0.39 is 0 Å². The molecule has 3 aromatic rings. The molecule has 4 rings (SSSR count). The third-order valence-corrected chi connectivity index (χ3v) is 5.72. The van der Waals surface area contributed by atoms with Crippen LogP contribution in [0.15, 0.2) is 52.9 Å². The van der Waals surface area contributed by atoms with Crippen molar-refractivity contribution >= 4 is 17.6 Å². The number of carbonyl (C=O) groups is 1. The van der Waals surface area contributed by atoms with Gasteiger partial charge < -0.3 is 9.32 Å². The molecule has 1 aliphatic heterocycles. The van der Waals surface area contributed by atoms with Crippen LogP contribution in [0.2, 0.25) is 5.02 Å². The summed E-state index contributed by atoms with van der Waals surface area (Å²) in [5.41, 5.74) is 3.88. The Kier molecular flexibility index (Phi) is 5.79. The molecule has 1 aliphatic rings. The maximum Gasteiger partial charge on any atom is 0.343 e. The van der Waals surface area contributed by atoms with Gasteiger partial charge in [-0.05, 0) is 31.9 Å². The molecule has 1 fully saturated rings. The van der Waals surface area contributed by atoms with Gasteiger partial charge in [-0.2, -0.15) is 0 Å². The van der Waals surface area contributed by atoms with E-state index in [1.165, 1.54) is 12.6 Å². The summed E-state index contributed by atoms with van der Waals surface area (Å²) in [5, 5.41) is 10.7. The van der Waals surface area contributed by atoms with Crippen LogP contribution >= 0.6 is 11.6 Å². The zero-order chi connectivity index (χ0) is 21.3. The minimum Gasteiger partial charge on any atom is -0.440 e. The fraction of sp³-hybridized carbons (Fsp3) is 0.304. The molecule has 6 nitrogen and oxygen atoms in total. The van der Waals surface area contributed by atoms with Crippen LogP contribution in [-0.2, 0) is 0 Å². The number of hydroxylamine groups is 2. The van der Waals surface area contributed by atoms with Gasteiger partial charge in [-0.15, -0.1) is 0 Å². The number of aryl methyl sites for hydroxylation is 1. The van der Waals surface area contributed by atoms with E-state index in [4.69, 9.17) is 21.0 Å². The average Bonchev–Trinajstić information content (AvgIpc) is 3.19. The van der Waals surface area contributed by atoms with E-state index in [9.17, 15) is 10.0 Å². The molecule has 0 aliphatic carbocycles. The lowest BCUT2D eigenvalue weighted by Gasteiger charge is -2.31. The first-order valence-electron chi connectivity index (χ1n) is 9.97. The molecule has 0 bridgehead atoms. The van der Waals surface area contributed by atoms with Crippen LogP contribution in [-0.4, -0.2) is 46.3 Å². The number of halogens is 1. The fourth-order valence-electron chi connectivity index (χ4n) is 3.74. The van der Waals surface area contributed by atoms with Gasteiger partial charge in [-0.3, -0.25) is 5.21 Å². The summed E-state index contributed by atoms with van der Waals surface area (Å²) >= 11 is 6.06. The quantitative estimate of drug-likeness (QED) is 0.438. The van der Waals surface area contributed by atoms with E-state index in [1.807, 2.05) is 36.4 Å². The standard InChI is InChI=1S/C23H24ClN3O3/c1-15-3-5-17(6-4-15)21-20(16-7-9-19(24)10-8-16)25-22(30-21)18-11-13-27(14-12-18)23(28)26(2)29/h3-10,18,29H,11-14H2,1-2H3. The molecule has 0 spiro atoms. The maximum atomic E-state index is 12.0. The van der Waals surface area contributed by atoms with Gasteiger partial charge in [-0.25, -0.2) is 14.8 Å². The van der Waals surface area contributed by atoms with Gasteiger partial charge in [0.15, 0.2) is 11.7 Å². The molecule has 0 saturated carbocycles. The number of hydrogen-bond donors (Lipinski definition) is 1. The molecule has 1 saturated heterocycles. The van der Waals surface area contributed by atoms with Crippen molar-refractivity contribution in [2.24, 2.45) is 0 Å². The van der Waals surface area contributed by atoms with Crippen LogP contribution in [0.4, 0.5) is 4.79 Å². The van der Waals surface area contributed by atoms with Crippen LogP contribution in [0.25, 0.3) is 22.6 Å². The van der Waals surface area contributed by atoms with E-state index in [1.54, 1.807) is 4.90 Å². The highest BCUT2D eigenvalue weighted by atomic mass is 35.5. The summed E-state index contributed by atoms with van der Waals surface area (Å²) < 4.78 is 6.30. The minimum atomic E-state index is -0.386. The van der Waals surface area contributed by atoms with Crippen molar-refractivity contribution in [2.45, 2.75) is 25.7 Å². The molecular formula is C23H24ClN3O3. The summed E-state index contributed by atoms with van der Waals surface area (Å²) in [5.74, 6) is 1.53. The van der Waals surface area contributed by atoms with Crippen LogP contribution in [0.5, 0.6) is 0 Å². The van der Waals surface area contributed by atoms with Gasteiger partial charge in [0.05, 0.1) is 0 Å². The topological polar surface area (TPSA) is 69.8 Å².